The van der Waals surface area contributed by atoms with Gasteiger partial charge in [-0.25, -0.2) is 9.80 Å². The van der Waals surface area contributed by atoms with Crippen LogP contribution in [0, 0.1) is 11.8 Å². The Bertz CT molecular complexity index is 838. The smallest absolute Gasteiger partial charge is 0.324 e. The molecule has 2 rings (SSSR count). The van der Waals surface area contributed by atoms with Crippen molar-refractivity contribution < 1.29 is 38.2 Å². The van der Waals surface area contributed by atoms with Gasteiger partial charge in [0.15, 0.2) is 13.5 Å². The number of piperazine rings is 2. The normalized spacial score (nSPS) is 20.6. The molecule has 2 saturated heterocycles. The van der Waals surface area contributed by atoms with Crippen LogP contribution in [0.2, 0.25) is 0 Å². The lowest BCUT2D eigenvalue weighted by atomic mass is 10.1. The summed E-state index contributed by atoms with van der Waals surface area (Å²) < 4.78 is 10.1. The van der Waals surface area contributed by atoms with E-state index in [9.17, 15) is 28.8 Å². The molecule has 2 heterocycles. The summed E-state index contributed by atoms with van der Waals surface area (Å²) in [6.45, 7) is 9.13. The third kappa shape index (κ3) is 8.67. The van der Waals surface area contributed by atoms with Gasteiger partial charge in [-0.1, -0.05) is 27.7 Å². The summed E-state index contributed by atoms with van der Waals surface area (Å²) in [7, 11) is 0. The van der Waals surface area contributed by atoms with Crippen LogP contribution in [0.4, 0.5) is 0 Å². The first kappa shape index (κ1) is 34.4. The number of hydrogen-bond donors (Lipinski definition) is 2. The zero-order valence-electron chi connectivity index (χ0n) is 23.3. The number of hydrogen-bond acceptors (Lipinski definition) is 12. The molecule has 2 aliphatic heterocycles. The molecule has 0 aliphatic carbocycles. The maximum atomic E-state index is 12.7. The van der Waals surface area contributed by atoms with Crippen molar-refractivity contribution in [3.05, 3.63) is 0 Å². The molecule has 222 valence electrons. The van der Waals surface area contributed by atoms with E-state index in [4.69, 9.17) is 20.9 Å². The predicted octanol–water partition coefficient (Wildman–Crippen LogP) is -1.51. The standard InChI is InChI=1S/C24H40N6O8.ClH/c1-13(2)21(25)23(35)37-11-29-17(31)7-27(8-18(29)32)15(5)16(6)28-9-19(33)30(20(34)10-28)12-38-24(36)22(26)14(3)4;/h13-16,21-22H,7-12,25-26H2,1-6H3;1H/t15-,16+,21-,22-;/m0./s1. The van der Waals surface area contributed by atoms with Gasteiger partial charge in [-0.05, 0) is 25.7 Å². The second-order valence-corrected chi connectivity index (χ2v) is 10.4. The largest absolute Gasteiger partial charge is 0.443 e. The minimum atomic E-state index is -0.863. The van der Waals surface area contributed by atoms with Gasteiger partial charge in [0.1, 0.15) is 12.1 Å². The molecule has 0 saturated carbocycles. The Morgan fingerprint density at radius 2 is 0.897 bits per heavy atom. The topological polar surface area (TPSA) is 186 Å². The van der Waals surface area contributed by atoms with Crippen LogP contribution in [0.5, 0.6) is 0 Å². The molecule has 4 N–H and O–H groups in total. The van der Waals surface area contributed by atoms with Gasteiger partial charge in [0.2, 0.25) is 23.6 Å². The lowest BCUT2D eigenvalue weighted by Crippen LogP contribution is -2.63. The van der Waals surface area contributed by atoms with E-state index < -0.39 is 61.1 Å². The summed E-state index contributed by atoms with van der Waals surface area (Å²) in [6.07, 6.45) is 0. The van der Waals surface area contributed by atoms with Gasteiger partial charge in [-0.15, -0.1) is 12.4 Å². The predicted molar refractivity (Wildman–Crippen MR) is 141 cm³/mol. The number of carbonyl (C=O) groups excluding carboxylic acids is 6. The number of rotatable bonds is 11. The maximum Gasteiger partial charge on any atom is 0.324 e. The van der Waals surface area contributed by atoms with Crippen LogP contribution >= 0.6 is 12.4 Å². The minimum absolute atomic E-state index is 0. The minimum Gasteiger partial charge on any atom is -0.443 e. The first-order valence-corrected chi connectivity index (χ1v) is 12.6. The maximum absolute atomic E-state index is 12.7. The third-order valence-corrected chi connectivity index (χ3v) is 7.06. The summed E-state index contributed by atoms with van der Waals surface area (Å²) in [6, 6.07) is -2.48. The van der Waals surface area contributed by atoms with Crippen LogP contribution in [0.1, 0.15) is 41.5 Å². The van der Waals surface area contributed by atoms with Crippen LogP contribution in [0.15, 0.2) is 0 Å². The van der Waals surface area contributed by atoms with E-state index in [1.54, 1.807) is 51.3 Å². The second-order valence-electron chi connectivity index (χ2n) is 10.4. The van der Waals surface area contributed by atoms with Gasteiger partial charge in [0.25, 0.3) is 0 Å². The van der Waals surface area contributed by atoms with Gasteiger partial charge >= 0.3 is 11.9 Å². The molecule has 4 atom stereocenters. The fraction of sp³-hybridized carbons (Fsp3) is 0.750. The van der Waals surface area contributed by atoms with E-state index in [2.05, 4.69) is 0 Å². The Morgan fingerprint density at radius 1 is 0.641 bits per heavy atom. The van der Waals surface area contributed by atoms with Crippen molar-refractivity contribution in [1.29, 1.82) is 0 Å². The molecule has 0 unspecified atom stereocenters. The highest BCUT2D eigenvalue weighted by molar-refractivity contribution is 6.00. The summed E-state index contributed by atoms with van der Waals surface area (Å²) >= 11 is 0. The number of halogens is 1. The Balaban J connectivity index is 0.00000760. The lowest BCUT2D eigenvalue weighted by molar-refractivity contribution is -0.169. The fourth-order valence-corrected chi connectivity index (χ4v) is 3.89. The molecule has 39 heavy (non-hydrogen) atoms. The molecule has 0 bridgehead atoms. The molecule has 2 fully saturated rings. The summed E-state index contributed by atoms with van der Waals surface area (Å²) in [5, 5.41) is 0. The van der Waals surface area contributed by atoms with E-state index in [0.29, 0.717) is 0 Å². The highest BCUT2D eigenvalue weighted by Gasteiger charge is 2.40. The Hall–Kier alpha value is -2.65. The molecule has 14 nitrogen and oxygen atoms in total. The Labute approximate surface area is 234 Å². The van der Waals surface area contributed by atoms with Gasteiger partial charge in [-0.3, -0.25) is 38.6 Å². The average Bonchev–Trinajstić information content (AvgIpc) is 2.84. The molecule has 0 aromatic heterocycles. The lowest BCUT2D eigenvalue weighted by Gasteiger charge is -2.43. The van der Waals surface area contributed by atoms with Crippen molar-refractivity contribution in [2.24, 2.45) is 23.3 Å². The second kappa shape index (κ2) is 14.7. The van der Waals surface area contributed by atoms with E-state index in [1.807, 2.05) is 0 Å². The quantitative estimate of drug-likeness (QED) is 0.214. The van der Waals surface area contributed by atoms with Crippen molar-refractivity contribution in [3.8, 4) is 0 Å². The summed E-state index contributed by atoms with van der Waals surface area (Å²) in [5.74, 6) is -3.87. The molecule has 15 heteroatoms. The van der Waals surface area contributed by atoms with Crippen LogP contribution in [0.3, 0.4) is 0 Å². The van der Waals surface area contributed by atoms with Crippen LogP contribution < -0.4 is 11.5 Å². The fourth-order valence-electron chi connectivity index (χ4n) is 3.89. The number of amides is 4. The number of nitrogens with zero attached hydrogens (tertiary/aromatic N) is 4. The average molecular weight is 577 g/mol. The molecule has 0 spiro atoms. The highest BCUT2D eigenvalue weighted by Crippen LogP contribution is 2.18. The van der Waals surface area contributed by atoms with Crippen molar-refractivity contribution in [2.75, 3.05) is 39.6 Å². The van der Waals surface area contributed by atoms with Crippen molar-refractivity contribution in [2.45, 2.75) is 65.7 Å². The Kier molecular flexibility index (Phi) is 12.9. The molecular weight excluding hydrogens is 536 g/mol. The van der Waals surface area contributed by atoms with E-state index in [0.717, 1.165) is 9.80 Å². The third-order valence-electron chi connectivity index (χ3n) is 7.06. The van der Waals surface area contributed by atoms with E-state index in [-0.39, 0.29) is 62.5 Å². The number of esters is 2. The van der Waals surface area contributed by atoms with E-state index in [1.165, 1.54) is 0 Å². The summed E-state index contributed by atoms with van der Waals surface area (Å²) in [4.78, 5) is 79.6. The van der Waals surface area contributed by atoms with Crippen molar-refractivity contribution >= 4 is 48.0 Å². The van der Waals surface area contributed by atoms with Crippen LogP contribution in [-0.4, -0.2) is 119 Å². The molecule has 0 radical (unpaired) electrons. The molecule has 0 aromatic carbocycles. The molecule has 4 amide bonds. The van der Waals surface area contributed by atoms with Gasteiger partial charge in [-0.2, -0.15) is 0 Å². The van der Waals surface area contributed by atoms with Gasteiger partial charge in [0.05, 0.1) is 26.2 Å². The van der Waals surface area contributed by atoms with Gasteiger partial charge in [0, 0.05) is 12.1 Å². The van der Waals surface area contributed by atoms with E-state index >= 15 is 0 Å². The van der Waals surface area contributed by atoms with Gasteiger partial charge < -0.3 is 20.9 Å². The summed E-state index contributed by atoms with van der Waals surface area (Å²) in [5.41, 5.74) is 11.5. The molecular formula is C24H41ClN6O8. The SMILES string of the molecule is CC(C)[C@H](N)C(=O)OCN1C(=O)CN([C@H](C)[C@H](C)N2CC(=O)N(COC(=O)[C@@H](N)C(C)C)C(=O)C2)CC1=O.Cl. The molecule has 2 aliphatic rings. The number of ether oxygens (including phenoxy) is 2. The zero-order valence-corrected chi connectivity index (χ0v) is 24.1. The highest BCUT2D eigenvalue weighted by atomic mass is 35.5. The first-order valence-electron chi connectivity index (χ1n) is 12.6. The number of carbonyl (C=O) groups is 6. The first-order chi connectivity index (χ1) is 17.6. The van der Waals surface area contributed by atoms with Crippen LogP contribution in [-0.2, 0) is 38.2 Å². The zero-order chi connectivity index (χ0) is 28.9. The van der Waals surface area contributed by atoms with Crippen molar-refractivity contribution in [1.82, 2.24) is 19.6 Å². The van der Waals surface area contributed by atoms with Crippen molar-refractivity contribution in [3.63, 3.8) is 0 Å². The molecule has 0 aromatic rings. The number of nitrogens with two attached hydrogens (primary N) is 2. The van der Waals surface area contributed by atoms with Crippen LogP contribution in [0.25, 0.3) is 0 Å². The number of imide groups is 2. The monoisotopic (exact) mass is 576 g/mol. The Morgan fingerprint density at radius 3 is 1.13 bits per heavy atom.